The summed E-state index contributed by atoms with van der Waals surface area (Å²) < 4.78 is 16.2. The predicted molar refractivity (Wildman–Crippen MR) is 138 cm³/mol. The van der Waals surface area contributed by atoms with Gasteiger partial charge in [0.2, 0.25) is 0 Å². The first kappa shape index (κ1) is 24.4. The quantitative estimate of drug-likeness (QED) is 0.281. The lowest BCUT2D eigenvalue weighted by atomic mass is 10.1. The maximum atomic E-state index is 13.6. The van der Waals surface area contributed by atoms with Crippen LogP contribution in [0.3, 0.4) is 0 Å². The van der Waals surface area contributed by atoms with E-state index in [9.17, 15) is 4.79 Å². The number of halogens is 1. The molecule has 4 rings (SSSR count). The molecule has 1 amide bonds. The van der Waals surface area contributed by atoms with Crippen LogP contribution in [-0.2, 0) is 13.1 Å². The van der Waals surface area contributed by atoms with Crippen molar-refractivity contribution in [3.8, 4) is 17.2 Å². The lowest BCUT2D eigenvalue weighted by Gasteiger charge is -2.24. The number of carbonyl (C=O) groups is 1. The topological polar surface area (TPSA) is 60.9 Å². The van der Waals surface area contributed by atoms with Gasteiger partial charge in [0.25, 0.3) is 5.91 Å². The van der Waals surface area contributed by atoms with E-state index in [-0.39, 0.29) is 12.5 Å². The van der Waals surface area contributed by atoms with Crippen molar-refractivity contribution in [1.29, 1.82) is 0 Å². The summed E-state index contributed by atoms with van der Waals surface area (Å²) in [5.41, 5.74) is 4.09. The number of nitrogens with zero attached hydrogens (tertiary/aromatic N) is 2. The third kappa shape index (κ3) is 5.49. The Bertz CT molecular complexity index is 1360. The Morgan fingerprint density at radius 1 is 0.857 bits per heavy atom. The van der Waals surface area contributed by atoms with Gasteiger partial charge in [-0.3, -0.25) is 4.79 Å². The highest BCUT2D eigenvalue weighted by Gasteiger charge is 2.20. The lowest BCUT2D eigenvalue weighted by Crippen LogP contribution is -2.30. The molecule has 0 aliphatic heterocycles. The highest BCUT2D eigenvalue weighted by Crippen LogP contribution is 2.30. The van der Waals surface area contributed by atoms with Crippen LogP contribution < -0.4 is 14.2 Å². The number of benzene rings is 3. The van der Waals surface area contributed by atoms with Gasteiger partial charge in [0.05, 0.1) is 26.8 Å². The highest BCUT2D eigenvalue weighted by molar-refractivity contribution is 6.30. The standard InChI is InChI=1S/C28H27ClN2O4/c1-18-5-8-20(9-6-18)28(32)31(16-19-7-12-25(34-3)26(13-19)35-4)17-22-14-21-15-23(33-2)10-11-24(21)30-27(22)29/h5-15H,16-17H2,1-4H3. The van der Waals surface area contributed by atoms with E-state index in [1.807, 2.05) is 73.7 Å². The normalized spacial score (nSPS) is 10.8. The summed E-state index contributed by atoms with van der Waals surface area (Å²) >= 11 is 6.57. The second-order valence-corrected chi connectivity index (χ2v) is 8.57. The second kappa shape index (κ2) is 10.7. The van der Waals surface area contributed by atoms with Crippen LogP contribution in [0.4, 0.5) is 0 Å². The number of amides is 1. The average Bonchev–Trinajstić information content (AvgIpc) is 2.88. The summed E-state index contributed by atoms with van der Waals surface area (Å²) in [6, 6.07) is 20.7. The zero-order chi connectivity index (χ0) is 24.9. The Kier molecular flexibility index (Phi) is 7.42. The first-order valence-corrected chi connectivity index (χ1v) is 11.5. The number of hydrogen-bond acceptors (Lipinski definition) is 5. The molecule has 4 aromatic rings. The number of aryl methyl sites for hydroxylation is 1. The fourth-order valence-electron chi connectivity index (χ4n) is 3.90. The van der Waals surface area contributed by atoms with Gasteiger partial charge in [-0.1, -0.05) is 35.4 Å². The average molecular weight is 491 g/mol. The molecule has 1 heterocycles. The zero-order valence-electron chi connectivity index (χ0n) is 20.2. The zero-order valence-corrected chi connectivity index (χ0v) is 20.9. The predicted octanol–water partition coefficient (Wildman–Crippen LogP) is 6.07. The van der Waals surface area contributed by atoms with Crippen molar-refractivity contribution in [1.82, 2.24) is 9.88 Å². The molecule has 0 bridgehead atoms. The van der Waals surface area contributed by atoms with Crippen LogP contribution in [0.1, 0.15) is 27.0 Å². The number of methoxy groups -OCH3 is 3. The van der Waals surface area contributed by atoms with Crippen LogP contribution in [0.5, 0.6) is 17.2 Å². The lowest BCUT2D eigenvalue weighted by molar-refractivity contribution is 0.0730. The van der Waals surface area contributed by atoms with Crippen LogP contribution in [0.15, 0.2) is 66.7 Å². The minimum Gasteiger partial charge on any atom is -0.497 e. The number of aromatic nitrogens is 1. The van der Waals surface area contributed by atoms with E-state index in [0.717, 1.165) is 33.3 Å². The van der Waals surface area contributed by atoms with Crippen molar-refractivity contribution >= 4 is 28.4 Å². The number of rotatable bonds is 8. The molecule has 3 aromatic carbocycles. The minimum atomic E-state index is -0.110. The second-order valence-electron chi connectivity index (χ2n) is 8.21. The molecule has 0 aliphatic rings. The van der Waals surface area contributed by atoms with Crippen molar-refractivity contribution in [3.05, 3.63) is 94.1 Å². The maximum absolute atomic E-state index is 13.6. The highest BCUT2D eigenvalue weighted by atomic mass is 35.5. The van der Waals surface area contributed by atoms with Crippen LogP contribution >= 0.6 is 11.6 Å². The molecular weight excluding hydrogens is 464 g/mol. The third-order valence-corrected chi connectivity index (χ3v) is 6.14. The first-order valence-electron chi connectivity index (χ1n) is 11.1. The molecule has 0 spiro atoms. The van der Waals surface area contributed by atoms with Crippen molar-refractivity contribution < 1.29 is 19.0 Å². The van der Waals surface area contributed by atoms with Gasteiger partial charge in [0.15, 0.2) is 11.5 Å². The molecule has 0 atom stereocenters. The smallest absolute Gasteiger partial charge is 0.254 e. The molecule has 0 saturated carbocycles. The molecule has 0 saturated heterocycles. The Balaban J connectivity index is 1.72. The number of fused-ring (bicyclic) bond motifs is 1. The van der Waals surface area contributed by atoms with E-state index in [4.69, 9.17) is 25.8 Å². The maximum Gasteiger partial charge on any atom is 0.254 e. The number of hydrogen-bond donors (Lipinski definition) is 0. The van der Waals surface area contributed by atoms with Gasteiger partial charge in [-0.25, -0.2) is 4.98 Å². The Morgan fingerprint density at radius 3 is 2.29 bits per heavy atom. The van der Waals surface area contributed by atoms with Crippen molar-refractivity contribution in [2.24, 2.45) is 0 Å². The van der Waals surface area contributed by atoms with Gasteiger partial charge < -0.3 is 19.1 Å². The summed E-state index contributed by atoms with van der Waals surface area (Å²) in [7, 11) is 4.80. The molecule has 35 heavy (non-hydrogen) atoms. The van der Waals surface area contributed by atoms with Crippen molar-refractivity contribution in [2.75, 3.05) is 21.3 Å². The molecule has 0 aliphatic carbocycles. The molecule has 0 unspecified atom stereocenters. The van der Waals surface area contributed by atoms with Gasteiger partial charge in [-0.05, 0) is 61.0 Å². The molecular formula is C28H27ClN2O4. The third-order valence-electron chi connectivity index (χ3n) is 5.82. The largest absolute Gasteiger partial charge is 0.497 e. The SMILES string of the molecule is COc1ccc2nc(Cl)c(CN(Cc3ccc(OC)c(OC)c3)C(=O)c3ccc(C)cc3)cc2c1. The van der Waals surface area contributed by atoms with E-state index < -0.39 is 0 Å². The summed E-state index contributed by atoms with van der Waals surface area (Å²) in [6.45, 7) is 2.62. The van der Waals surface area contributed by atoms with Gasteiger partial charge in [-0.15, -0.1) is 0 Å². The number of carbonyl (C=O) groups excluding carboxylic acids is 1. The molecule has 0 fully saturated rings. The fourth-order valence-corrected chi connectivity index (χ4v) is 4.10. The monoisotopic (exact) mass is 490 g/mol. The Morgan fingerprint density at radius 2 is 1.60 bits per heavy atom. The molecule has 0 N–H and O–H groups in total. The molecule has 180 valence electrons. The van der Waals surface area contributed by atoms with E-state index >= 15 is 0 Å². The number of pyridine rings is 1. The van der Waals surface area contributed by atoms with Crippen LogP contribution in [0, 0.1) is 6.92 Å². The Hall–Kier alpha value is -3.77. The van der Waals surface area contributed by atoms with E-state index in [1.165, 1.54) is 0 Å². The minimum absolute atomic E-state index is 0.110. The molecule has 0 radical (unpaired) electrons. The summed E-state index contributed by atoms with van der Waals surface area (Å²) in [5.74, 6) is 1.85. The van der Waals surface area contributed by atoms with Crippen LogP contribution in [0.2, 0.25) is 5.15 Å². The van der Waals surface area contributed by atoms with Crippen molar-refractivity contribution in [2.45, 2.75) is 20.0 Å². The fraction of sp³-hybridized carbons (Fsp3) is 0.214. The van der Waals surface area contributed by atoms with Gasteiger partial charge in [0, 0.05) is 29.6 Å². The van der Waals surface area contributed by atoms with E-state index in [2.05, 4.69) is 4.98 Å². The van der Waals surface area contributed by atoms with Gasteiger partial charge >= 0.3 is 0 Å². The summed E-state index contributed by atoms with van der Waals surface area (Å²) in [5, 5.41) is 1.24. The molecule has 1 aromatic heterocycles. The van der Waals surface area contributed by atoms with Crippen molar-refractivity contribution in [3.63, 3.8) is 0 Å². The van der Waals surface area contributed by atoms with Gasteiger partial charge in [0.1, 0.15) is 10.9 Å². The molecule has 6 nitrogen and oxygen atoms in total. The Labute approximate surface area is 210 Å². The summed E-state index contributed by atoms with van der Waals surface area (Å²) in [6.07, 6.45) is 0. The van der Waals surface area contributed by atoms with E-state index in [1.54, 1.807) is 26.2 Å². The molecule has 7 heteroatoms. The summed E-state index contributed by atoms with van der Waals surface area (Å²) in [4.78, 5) is 19.9. The number of ether oxygens (including phenoxy) is 3. The first-order chi connectivity index (χ1) is 16.9. The van der Waals surface area contributed by atoms with E-state index in [0.29, 0.717) is 28.8 Å². The van der Waals surface area contributed by atoms with Crippen LogP contribution in [-0.4, -0.2) is 37.1 Å². The van der Waals surface area contributed by atoms with Gasteiger partial charge in [-0.2, -0.15) is 0 Å². The van der Waals surface area contributed by atoms with Crippen LogP contribution in [0.25, 0.3) is 10.9 Å².